The summed E-state index contributed by atoms with van der Waals surface area (Å²) in [5.74, 6) is 0.285. The van der Waals surface area contributed by atoms with E-state index >= 15 is 0 Å². The predicted octanol–water partition coefficient (Wildman–Crippen LogP) is 0.197. The maximum absolute atomic E-state index is 13.1. The molecule has 0 spiro atoms. The van der Waals surface area contributed by atoms with Crippen LogP contribution in [0.2, 0.25) is 0 Å². The quantitative estimate of drug-likeness (QED) is 0.584. The molecule has 5 rings (SSSR count). The number of carbonyl (C=O) groups excluding carboxylic acids is 2. The molecule has 3 aromatic rings. The zero-order valence-electron chi connectivity index (χ0n) is 17.7. The van der Waals surface area contributed by atoms with E-state index in [1.54, 1.807) is 29.5 Å². The van der Waals surface area contributed by atoms with Crippen molar-refractivity contribution < 1.29 is 14.3 Å². The first kappa shape index (κ1) is 20.6. The minimum atomic E-state index is -0.251. The largest absolute Gasteiger partial charge is 0.379 e. The van der Waals surface area contributed by atoms with Gasteiger partial charge in [-0.05, 0) is 18.9 Å². The van der Waals surface area contributed by atoms with Crippen molar-refractivity contribution in [1.29, 1.82) is 0 Å². The Morgan fingerprint density at radius 2 is 1.97 bits per heavy atom. The molecule has 0 unspecified atom stereocenters. The van der Waals surface area contributed by atoms with Crippen LogP contribution >= 0.6 is 0 Å². The maximum atomic E-state index is 13.1. The van der Waals surface area contributed by atoms with Gasteiger partial charge in [0.25, 0.3) is 5.91 Å². The van der Waals surface area contributed by atoms with Crippen LogP contribution in [0.4, 0.5) is 0 Å². The Bertz CT molecular complexity index is 1080. The number of morpholine rings is 1. The molecule has 0 bridgehead atoms. The summed E-state index contributed by atoms with van der Waals surface area (Å²) in [5, 5.41) is 3.09. The number of hydrogen-bond acceptors (Lipinski definition) is 7. The van der Waals surface area contributed by atoms with Gasteiger partial charge in [0.1, 0.15) is 6.33 Å². The van der Waals surface area contributed by atoms with Crippen LogP contribution in [0.25, 0.3) is 17.0 Å². The molecule has 2 aliphatic rings. The third kappa shape index (κ3) is 4.34. The molecular formula is C21H26N8O3. The molecule has 2 saturated heterocycles. The van der Waals surface area contributed by atoms with Gasteiger partial charge in [0, 0.05) is 50.8 Å². The standard InChI is InChI=1S/C21H26N8O3/c30-17(13-27-9-11-32-12-10-27)28-6-2-15(3-7-28)24-20(31)19-18-16(1-4-23-18)25-21(26-19)29-8-5-22-14-29/h1,4-5,8,14-15,23H,2-3,6-7,9-13H2,(H,24,31). The van der Waals surface area contributed by atoms with E-state index < -0.39 is 0 Å². The van der Waals surface area contributed by atoms with E-state index in [0.717, 1.165) is 13.1 Å². The van der Waals surface area contributed by atoms with Crippen LogP contribution in [0.3, 0.4) is 0 Å². The van der Waals surface area contributed by atoms with Crippen LogP contribution in [0.1, 0.15) is 23.3 Å². The first-order valence-electron chi connectivity index (χ1n) is 10.9. The number of likely N-dealkylation sites (tertiary alicyclic amines) is 1. The number of rotatable bonds is 5. The number of piperidine rings is 1. The lowest BCUT2D eigenvalue weighted by Gasteiger charge is -2.34. The fraction of sp³-hybridized carbons (Fsp3) is 0.476. The number of nitrogens with one attached hydrogen (secondary N) is 2. The number of H-pyrrole nitrogens is 1. The molecule has 168 valence electrons. The Morgan fingerprint density at radius 1 is 1.16 bits per heavy atom. The molecule has 11 heteroatoms. The predicted molar refractivity (Wildman–Crippen MR) is 115 cm³/mol. The monoisotopic (exact) mass is 438 g/mol. The van der Waals surface area contributed by atoms with Crippen LogP contribution in [0.15, 0.2) is 31.0 Å². The molecule has 2 amide bonds. The molecule has 5 heterocycles. The topological polar surface area (TPSA) is 121 Å². The van der Waals surface area contributed by atoms with Crippen molar-refractivity contribution in [1.82, 2.24) is 39.6 Å². The Morgan fingerprint density at radius 3 is 2.72 bits per heavy atom. The van der Waals surface area contributed by atoms with E-state index in [9.17, 15) is 9.59 Å². The summed E-state index contributed by atoms with van der Waals surface area (Å²) in [5.41, 5.74) is 1.57. The number of aromatic nitrogens is 5. The van der Waals surface area contributed by atoms with E-state index in [1.165, 1.54) is 0 Å². The van der Waals surface area contributed by atoms with Crippen LogP contribution in [-0.4, -0.2) is 98.1 Å². The number of fused-ring (bicyclic) bond motifs is 1. The summed E-state index contributed by atoms with van der Waals surface area (Å²) >= 11 is 0. The van der Waals surface area contributed by atoms with E-state index in [2.05, 4.69) is 30.2 Å². The second-order valence-corrected chi connectivity index (χ2v) is 8.10. The molecule has 0 aromatic carbocycles. The van der Waals surface area contributed by atoms with Crippen molar-refractivity contribution in [2.75, 3.05) is 45.9 Å². The Balaban J connectivity index is 1.21. The van der Waals surface area contributed by atoms with Gasteiger partial charge in [-0.25, -0.2) is 15.0 Å². The van der Waals surface area contributed by atoms with Gasteiger partial charge in [-0.3, -0.25) is 19.1 Å². The number of carbonyl (C=O) groups is 2. The van der Waals surface area contributed by atoms with Crippen LogP contribution in [-0.2, 0) is 9.53 Å². The molecule has 0 radical (unpaired) electrons. The van der Waals surface area contributed by atoms with E-state index in [-0.39, 0.29) is 17.9 Å². The third-order valence-electron chi connectivity index (χ3n) is 5.99. The maximum Gasteiger partial charge on any atom is 0.272 e. The van der Waals surface area contributed by atoms with Gasteiger partial charge >= 0.3 is 0 Å². The fourth-order valence-electron chi connectivity index (χ4n) is 4.17. The number of nitrogens with zero attached hydrogens (tertiary/aromatic N) is 6. The SMILES string of the molecule is O=C(NC1CCN(C(=O)CN2CCOCC2)CC1)c1nc(-n2ccnc2)nc2cc[nH]c12. The normalized spacial score (nSPS) is 18.2. The summed E-state index contributed by atoms with van der Waals surface area (Å²) in [7, 11) is 0. The van der Waals surface area contributed by atoms with Gasteiger partial charge in [0.2, 0.25) is 11.9 Å². The summed E-state index contributed by atoms with van der Waals surface area (Å²) in [6.45, 7) is 4.66. The lowest BCUT2D eigenvalue weighted by atomic mass is 10.0. The first-order valence-corrected chi connectivity index (χ1v) is 10.9. The Labute approximate surface area is 184 Å². The Hall–Kier alpha value is -3.31. The van der Waals surface area contributed by atoms with Crippen LogP contribution in [0, 0.1) is 0 Å². The molecule has 11 nitrogen and oxygen atoms in total. The average molecular weight is 438 g/mol. The molecule has 2 fully saturated rings. The number of ether oxygens (including phenoxy) is 1. The van der Waals surface area contributed by atoms with Crippen molar-refractivity contribution in [2.24, 2.45) is 0 Å². The molecule has 32 heavy (non-hydrogen) atoms. The van der Waals surface area contributed by atoms with Crippen molar-refractivity contribution in [3.63, 3.8) is 0 Å². The third-order valence-corrected chi connectivity index (χ3v) is 5.99. The fourth-order valence-corrected chi connectivity index (χ4v) is 4.17. The number of imidazole rings is 1. The second kappa shape index (κ2) is 9.05. The number of hydrogen-bond donors (Lipinski definition) is 2. The lowest BCUT2D eigenvalue weighted by Crippen LogP contribution is -2.50. The van der Waals surface area contributed by atoms with Crippen LogP contribution < -0.4 is 5.32 Å². The van der Waals surface area contributed by atoms with Crippen molar-refractivity contribution in [3.05, 3.63) is 36.7 Å². The summed E-state index contributed by atoms with van der Waals surface area (Å²) in [4.78, 5) is 45.8. The highest BCUT2D eigenvalue weighted by molar-refractivity contribution is 6.03. The highest BCUT2D eigenvalue weighted by Crippen LogP contribution is 2.17. The average Bonchev–Trinajstić information content (AvgIpc) is 3.51. The second-order valence-electron chi connectivity index (χ2n) is 8.10. The van der Waals surface area contributed by atoms with Gasteiger partial charge in [0.15, 0.2) is 5.69 Å². The van der Waals surface area contributed by atoms with E-state index in [1.807, 2.05) is 11.0 Å². The van der Waals surface area contributed by atoms with Gasteiger partial charge in [0.05, 0.1) is 30.8 Å². The summed E-state index contributed by atoms with van der Waals surface area (Å²) < 4.78 is 7.01. The van der Waals surface area contributed by atoms with Gasteiger partial charge in [-0.15, -0.1) is 0 Å². The molecule has 2 aliphatic heterocycles. The summed E-state index contributed by atoms with van der Waals surface area (Å²) in [6.07, 6.45) is 8.14. The first-order chi connectivity index (χ1) is 15.7. The highest BCUT2D eigenvalue weighted by atomic mass is 16.5. The van der Waals surface area contributed by atoms with Gasteiger partial charge in [-0.2, -0.15) is 0 Å². The minimum absolute atomic E-state index is 0.00777. The molecule has 3 aromatic heterocycles. The van der Waals surface area contributed by atoms with Gasteiger partial charge in [-0.1, -0.05) is 0 Å². The molecule has 0 atom stereocenters. The number of amides is 2. The van der Waals surface area contributed by atoms with E-state index in [4.69, 9.17) is 4.74 Å². The molecule has 0 saturated carbocycles. The van der Waals surface area contributed by atoms with Crippen molar-refractivity contribution in [2.45, 2.75) is 18.9 Å². The minimum Gasteiger partial charge on any atom is -0.379 e. The molecule has 0 aliphatic carbocycles. The van der Waals surface area contributed by atoms with Crippen molar-refractivity contribution >= 4 is 22.8 Å². The zero-order valence-corrected chi connectivity index (χ0v) is 17.7. The lowest BCUT2D eigenvalue weighted by molar-refractivity contribution is -0.134. The molecule has 2 N–H and O–H groups in total. The Kier molecular flexibility index (Phi) is 5.82. The molecular weight excluding hydrogens is 412 g/mol. The van der Waals surface area contributed by atoms with E-state index in [0.29, 0.717) is 68.4 Å². The summed E-state index contributed by atoms with van der Waals surface area (Å²) in [6, 6.07) is 1.80. The highest BCUT2D eigenvalue weighted by Gasteiger charge is 2.27. The zero-order chi connectivity index (χ0) is 21.9. The van der Waals surface area contributed by atoms with Crippen LogP contribution in [0.5, 0.6) is 0 Å². The number of aromatic amines is 1. The van der Waals surface area contributed by atoms with Crippen molar-refractivity contribution in [3.8, 4) is 5.95 Å². The van der Waals surface area contributed by atoms with Gasteiger partial charge < -0.3 is 19.9 Å². The smallest absolute Gasteiger partial charge is 0.272 e.